The highest BCUT2D eigenvalue weighted by Crippen LogP contribution is 2.18. The number of benzene rings is 2. The molecule has 0 bridgehead atoms. The van der Waals surface area contributed by atoms with Gasteiger partial charge in [0.05, 0.1) is 0 Å². The van der Waals surface area contributed by atoms with Crippen molar-refractivity contribution >= 4 is 11.8 Å². The van der Waals surface area contributed by atoms with E-state index in [0.29, 0.717) is 35.9 Å². The number of halogens is 1. The van der Waals surface area contributed by atoms with E-state index >= 15 is 0 Å². The first-order chi connectivity index (χ1) is 13.0. The van der Waals surface area contributed by atoms with Crippen molar-refractivity contribution in [3.8, 4) is 5.75 Å². The topological polar surface area (TPSA) is 67.4 Å². The molecule has 1 fully saturated rings. The highest BCUT2D eigenvalue weighted by molar-refractivity contribution is 5.94. The Labute approximate surface area is 157 Å². The van der Waals surface area contributed by atoms with Crippen molar-refractivity contribution in [1.29, 1.82) is 0 Å². The second kappa shape index (κ2) is 8.66. The molecule has 142 valence electrons. The lowest BCUT2D eigenvalue weighted by Gasteiger charge is -2.09. The Morgan fingerprint density at radius 1 is 1.15 bits per heavy atom. The van der Waals surface area contributed by atoms with Gasteiger partial charge in [0, 0.05) is 18.2 Å². The van der Waals surface area contributed by atoms with Crippen LogP contribution in [0.15, 0.2) is 42.5 Å². The molecule has 0 aromatic heterocycles. The minimum Gasteiger partial charge on any atom is -0.484 e. The fourth-order valence-electron chi connectivity index (χ4n) is 2.55. The summed E-state index contributed by atoms with van der Waals surface area (Å²) in [4.78, 5) is 23.6. The third kappa shape index (κ3) is 5.81. The molecule has 27 heavy (non-hydrogen) atoms. The molecule has 1 aliphatic carbocycles. The number of carbonyl (C=O) groups excluding carboxylic acids is 2. The van der Waals surface area contributed by atoms with Crippen molar-refractivity contribution in [1.82, 2.24) is 10.6 Å². The molecular weight excluding hydrogens is 347 g/mol. The van der Waals surface area contributed by atoms with Gasteiger partial charge in [-0.15, -0.1) is 0 Å². The molecule has 3 rings (SSSR count). The molecule has 0 spiro atoms. The molecule has 2 amide bonds. The number of amides is 2. The van der Waals surface area contributed by atoms with E-state index in [1.54, 1.807) is 31.2 Å². The summed E-state index contributed by atoms with van der Waals surface area (Å²) in [5.41, 5.74) is 1.85. The lowest BCUT2D eigenvalue weighted by molar-refractivity contribution is -0.123. The first-order valence-corrected chi connectivity index (χ1v) is 9.07. The van der Waals surface area contributed by atoms with Crippen LogP contribution in [0.3, 0.4) is 0 Å². The summed E-state index contributed by atoms with van der Waals surface area (Å²) in [5.74, 6) is -0.153. The van der Waals surface area contributed by atoms with Gasteiger partial charge in [0.1, 0.15) is 11.6 Å². The van der Waals surface area contributed by atoms with Gasteiger partial charge in [0.25, 0.3) is 11.8 Å². The van der Waals surface area contributed by atoms with Crippen LogP contribution in [-0.4, -0.2) is 31.0 Å². The second-order valence-corrected chi connectivity index (χ2v) is 6.74. The molecule has 0 aliphatic heterocycles. The zero-order chi connectivity index (χ0) is 19.2. The Hall–Kier alpha value is -2.89. The van der Waals surface area contributed by atoms with Crippen LogP contribution >= 0.6 is 0 Å². The summed E-state index contributed by atoms with van der Waals surface area (Å²) in [5, 5.41) is 5.65. The highest BCUT2D eigenvalue weighted by atomic mass is 19.1. The summed E-state index contributed by atoms with van der Waals surface area (Å²) in [6.45, 7) is 2.11. The van der Waals surface area contributed by atoms with Gasteiger partial charge in [-0.05, 0) is 61.6 Å². The quantitative estimate of drug-likeness (QED) is 0.751. The van der Waals surface area contributed by atoms with Gasteiger partial charge >= 0.3 is 0 Å². The fourth-order valence-corrected chi connectivity index (χ4v) is 2.55. The van der Waals surface area contributed by atoms with E-state index in [-0.39, 0.29) is 24.2 Å². The average Bonchev–Trinajstić information content (AvgIpc) is 3.47. The van der Waals surface area contributed by atoms with Crippen LogP contribution in [0.4, 0.5) is 4.39 Å². The van der Waals surface area contributed by atoms with Crippen LogP contribution in [0.1, 0.15) is 34.3 Å². The molecular formula is C21H23FN2O3. The molecule has 5 nitrogen and oxygen atoms in total. The van der Waals surface area contributed by atoms with Gasteiger partial charge in [-0.3, -0.25) is 9.59 Å². The minimum atomic E-state index is -0.385. The lowest BCUT2D eigenvalue weighted by atomic mass is 10.1. The molecule has 0 atom stereocenters. The standard InChI is InChI=1S/C21H23FN2O3/c1-14-2-5-16(12-19(14)22)21(26)23-11-10-15-3-8-18(9-4-15)27-13-20(25)24-17-6-7-17/h2-5,8-9,12,17H,6-7,10-11,13H2,1H3,(H,23,26)(H,24,25). The maximum absolute atomic E-state index is 13.5. The van der Waals surface area contributed by atoms with E-state index in [2.05, 4.69) is 10.6 Å². The van der Waals surface area contributed by atoms with Crippen LogP contribution in [0, 0.1) is 12.7 Å². The number of aryl methyl sites for hydroxylation is 1. The van der Waals surface area contributed by atoms with Crippen molar-refractivity contribution in [3.63, 3.8) is 0 Å². The number of hydrogen-bond acceptors (Lipinski definition) is 3. The summed E-state index contributed by atoms with van der Waals surface area (Å²) in [6.07, 6.45) is 2.74. The van der Waals surface area contributed by atoms with Crippen molar-refractivity contribution in [3.05, 3.63) is 65.0 Å². The SMILES string of the molecule is Cc1ccc(C(=O)NCCc2ccc(OCC(=O)NC3CC3)cc2)cc1F. The zero-order valence-corrected chi connectivity index (χ0v) is 15.3. The summed E-state index contributed by atoms with van der Waals surface area (Å²) in [6, 6.07) is 12.2. The maximum Gasteiger partial charge on any atom is 0.258 e. The molecule has 1 saturated carbocycles. The summed E-state index contributed by atoms with van der Waals surface area (Å²) in [7, 11) is 0. The fraction of sp³-hybridized carbons (Fsp3) is 0.333. The van der Waals surface area contributed by atoms with Crippen LogP contribution < -0.4 is 15.4 Å². The molecule has 1 aliphatic rings. The number of hydrogen-bond donors (Lipinski definition) is 2. The monoisotopic (exact) mass is 370 g/mol. The van der Waals surface area contributed by atoms with E-state index in [0.717, 1.165) is 18.4 Å². The maximum atomic E-state index is 13.5. The van der Waals surface area contributed by atoms with Gasteiger partial charge in [-0.1, -0.05) is 18.2 Å². The Kier molecular flexibility index (Phi) is 6.06. The first kappa shape index (κ1) is 18.9. The molecule has 2 aromatic carbocycles. The van der Waals surface area contributed by atoms with E-state index < -0.39 is 0 Å². The Bertz CT molecular complexity index is 817. The van der Waals surface area contributed by atoms with Gasteiger partial charge in [0.15, 0.2) is 6.61 Å². The van der Waals surface area contributed by atoms with E-state index in [1.807, 2.05) is 12.1 Å². The summed E-state index contributed by atoms with van der Waals surface area (Å²) < 4.78 is 19.0. The number of rotatable bonds is 8. The van der Waals surface area contributed by atoms with Gasteiger partial charge < -0.3 is 15.4 Å². The average molecular weight is 370 g/mol. The molecule has 0 radical (unpaired) electrons. The van der Waals surface area contributed by atoms with Crippen LogP contribution in [0.25, 0.3) is 0 Å². The third-order valence-corrected chi connectivity index (χ3v) is 4.37. The number of ether oxygens (including phenoxy) is 1. The van der Waals surface area contributed by atoms with E-state index in [9.17, 15) is 14.0 Å². The molecule has 0 saturated heterocycles. The molecule has 2 N–H and O–H groups in total. The predicted molar refractivity (Wildman–Crippen MR) is 100 cm³/mol. The molecule has 2 aromatic rings. The smallest absolute Gasteiger partial charge is 0.258 e. The molecule has 0 unspecified atom stereocenters. The van der Waals surface area contributed by atoms with Gasteiger partial charge in [-0.25, -0.2) is 4.39 Å². The number of nitrogens with one attached hydrogen (secondary N) is 2. The highest BCUT2D eigenvalue weighted by Gasteiger charge is 2.23. The van der Waals surface area contributed by atoms with Gasteiger partial charge in [0.2, 0.25) is 0 Å². The van der Waals surface area contributed by atoms with Crippen molar-refractivity contribution in [2.45, 2.75) is 32.2 Å². The molecule has 0 heterocycles. The normalized spacial score (nSPS) is 13.1. The predicted octanol–water partition coefficient (Wildman–Crippen LogP) is 2.76. The first-order valence-electron chi connectivity index (χ1n) is 9.07. The van der Waals surface area contributed by atoms with Crippen molar-refractivity contribution in [2.75, 3.05) is 13.2 Å². The minimum absolute atomic E-state index is 0.0129. The third-order valence-electron chi connectivity index (χ3n) is 4.37. The van der Waals surface area contributed by atoms with Crippen LogP contribution in [-0.2, 0) is 11.2 Å². The number of carbonyl (C=O) groups is 2. The second-order valence-electron chi connectivity index (χ2n) is 6.74. The van der Waals surface area contributed by atoms with Gasteiger partial charge in [-0.2, -0.15) is 0 Å². The van der Waals surface area contributed by atoms with Crippen LogP contribution in [0.2, 0.25) is 0 Å². The Morgan fingerprint density at radius 3 is 2.56 bits per heavy atom. The summed E-state index contributed by atoms with van der Waals surface area (Å²) >= 11 is 0. The Balaban J connectivity index is 1.40. The van der Waals surface area contributed by atoms with Crippen LogP contribution in [0.5, 0.6) is 5.75 Å². The largest absolute Gasteiger partial charge is 0.484 e. The van der Waals surface area contributed by atoms with Crippen molar-refractivity contribution in [2.24, 2.45) is 0 Å². The zero-order valence-electron chi connectivity index (χ0n) is 15.3. The van der Waals surface area contributed by atoms with Crippen molar-refractivity contribution < 1.29 is 18.7 Å². The lowest BCUT2D eigenvalue weighted by Crippen LogP contribution is -2.30. The molecule has 6 heteroatoms. The van der Waals surface area contributed by atoms with E-state index in [1.165, 1.54) is 6.07 Å². The van der Waals surface area contributed by atoms with E-state index in [4.69, 9.17) is 4.74 Å². The Morgan fingerprint density at radius 2 is 1.89 bits per heavy atom.